The van der Waals surface area contributed by atoms with Crippen LogP contribution in [0.4, 0.5) is 4.79 Å². The molecule has 1 amide bonds. The molecular weight excluding hydrogens is 356 g/mol. The molecule has 1 aromatic carbocycles. The predicted molar refractivity (Wildman–Crippen MR) is 108 cm³/mol. The van der Waals surface area contributed by atoms with E-state index in [1.54, 1.807) is 20.8 Å². The number of carbonyl (C=O) groups is 1. The molecule has 0 bridgehead atoms. The largest absolute Gasteiger partial charge is 0.445 e. The Balaban J connectivity index is 2.00. The maximum absolute atomic E-state index is 12.1. The lowest BCUT2D eigenvalue weighted by Crippen LogP contribution is -2.29. The standard InChI is InChI=1S/C22H32N2O4/c1-15(2)11-12-18(20-24-19(16(3)28-20)22(4,5)26)13-23-21(25)27-14-17-9-7-6-8-10-17/h6-10,15,18,26H,11-14H2,1-5H3,(H,23,25)/t18-/m1/s1. The molecule has 0 aliphatic rings. The molecule has 0 aliphatic carbocycles. The number of aromatic nitrogens is 1. The lowest BCUT2D eigenvalue weighted by Gasteiger charge is -2.16. The number of hydrogen-bond acceptors (Lipinski definition) is 5. The SMILES string of the molecule is Cc1oc([C@H](CCC(C)C)CNC(=O)OCc2ccccc2)nc1C(C)(C)O. The molecule has 28 heavy (non-hydrogen) atoms. The van der Waals surface area contributed by atoms with E-state index in [0.29, 0.717) is 29.8 Å². The number of amides is 1. The van der Waals surface area contributed by atoms with E-state index in [4.69, 9.17) is 9.15 Å². The van der Waals surface area contributed by atoms with Crippen molar-refractivity contribution in [3.63, 3.8) is 0 Å². The zero-order chi connectivity index (χ0) is 20.7. The monoisotopic (exact) mass is 388 g/mol. The van der Waals surface area contributed by atoms with Gasteiger partial charge in [0.15, 0.2) is 5.89 Å². The van der Waals surface area contributed by atoms with Gasteiger partial charge in [0.05, 0.1) is 5.92 Å². The van der Waals surface area contributed by atoms with Crippen molar-refractivity contribution in [1.82, 2.24) is 10.3 Å². The molecule has 2 aromatic rings. The van der Waals surface area contributed by atoms with E-state index < -0.39 is 11.7 Å². The lowest BCUT2D eigenvalue weighted by molar-refractivity contribution is 0.0728. The first-order valence-corrected chi connectivity index (χ1v) is 9.81. The highest BCUT2D eigenvalue weighted by Crippen LogP contribution is 2.29. The van der Waals surface area contributed by atoms with Crippen molar-refractivity contribution < 1.29 is 19.1 Å². The number of hydrogen-bond donors (Lipinski definition) is 2. The molecule has 0 fully saturated rings. The molecule has 2 N–H and O–H groups in total. The van der Waals surface area contributed by atoms with Gasteiger partial charge in [-0.3, -0.25) is 0 Å². The third-order valence-electron chi connectivity index (χ3n) is 4.54. The number of oxazole rings is 1. The van der Waals surface area contributed by atoms with E-state index in [-0.39, 0.29) is 12.5 Å². The second kappa shape index (κ2) is 9.73. The molecule has 0 saturated carbocycles. The minimum absolute atomic E-state index is 0.0820. The van der Waals surface area contributed by atoms with Crippen molar-refractivity contribution in [1.29, 1.82) is 0 Å². The van der Waals surface area contributed by atoms with E-state index in [1.165, 1.54) is 0 Å². The van der Waals surface area contributed by atoms with Crippen LogP contribution < -0.4 is 5.32 Å². The van der Waals surface area contributed by atoms with Gasteiger partial charge in [-0.2, -0.15) is 0 Å². The van der Waals surface area contributed by atoms with Gasteiger partial charge in [0.1, 0.15) is 23.7 Å². The summed E-state index contributed by atoms with van der Waals surface area (Å²) < 4.78 is 11.1. The van der Waals surface area contributed by atoms with E-state index in [0.717, 1.165) is 18.4 Å². The number of aryl methyl sites for hydroxylation is 1. The van der Waals surface area contributed by atoms with Crippen molar-refractivity contribution >= 4 is 6.09 Å². The van der Waals surface area contributed by atoms with Crippen LogP contribution in [0.5, 0.6) is 0 Å². The Kier molecular flexibility index (Phi) is 7.63. The Hall–Kier alpha value is -2.34. The van der Waals surface area contributed by atoms with Crippen molar-refractivity contribution in [2.24, 2.45) is 5.92 Å². The average molecular weight is 389 g/mol. The molecule has 0 aliphatic heterocycles. The fraction of sp³-hybridized carbons (Fsp3) is 0.545. The van der Waals surface area contributed by atoms with Gasteiger partial charge in [-0.15, -0.1) is 0 Å². The predicted octanol–water partition coefficient (Wildman–Crippen LogP) is 4.66. The number of carbonyl (C=O) groups excluding carboxylic acids is 1. The van der Waals surface area contributed by atoms with Crippen molar-refractivity contribution in [2.75, 3.05) is 6.54 Å². The van der Waals surface area contributed by atoms with Crippen LogP contribution in [0.2, 0.25) is 0 Å². The summed E-state index contributed by atoms with van der Waals surface area (Å²) in [4.78, 5) is 16.6. The maximum atomic E-state index is 12.1. The van der Waals surface area contributed by atoms with Crippen LogP contribution in [0.1, 0.15) is 69.4 Å². The summed E-state index contributed by atoms with van der Waals surface area (Å²) >= 11 is 0. The van der Waals surface area contributed by atoms with E-state index >= 15 is 0 Å². The first kappa shape index (κ1) is 22.0. The number of alkyl carbamates (subject to hydrolysis) is 1. The van der Waals surface area contributed by atoms with E-state index in [2.05, 4.69) is 24.1 Å². The number of benzene rings is 1. The molecule has 0 radical (unpaired) electrons. The fourth-order valence-corrected chi connectivity index (χ4v) is 2.99. The Morgan fingerprint density at radius 3 is 2.50 bits per heavy atom. The molecule has 1 atom stereocenters. The number of aliphatic hydroxyl groups is 1. The van der Waals surface area contributed by atoms with Gasteiger partial charge in [-0.25, -0.2) is 9.78 Å². The Morgan fingerprint density at radius 2 is 1.93 bits per heavy atom. The van der Waals surface area contributed by atoms with Gasteiger partial charge in [0.2, 0.25) is 0 Å². The van der Waals surface area contributed by atoms with Crippen LogP contribution in [-0.4, -0.2) is 22.7 Å². The van der Waals surface area contributed by atoms with Gasteiger partial charge in [0.25, 0.3) is 0 Å². The summed E-state index contributed by atoms with van der Waals surface area (Å²) in [5.74, 6) is 1.58. The molecule has 6 nitrogen and oxygen atoms in total. The summed E-state index contributed by atoms with van der Waals surface area (Å²) in [6.07, 6.45) is 1.33. The summed E-state index contributed by atoms with van der Waals surface area (Å²) in [6, 6.07) is 9.55. The lowest BCUT2D eigenvalue weighted by atomic mass is 9.97. The second-order valence-corrected chi connectivity index (χ2v) is 8.13. The van der Waals surface area contributed by atoms with E-state index in [1.807, 2.05) is 30.3 Å². The molecule has 0 spiro atoms. The van der Waals surface area contributed by atoms with Crippen molar-refractivity contribution in [3.8, 4) is 0 Å². The molecule has 1 heterocycles. The van der Waals surface area contributed by atoms with Gasteiger partial charge in [-0.05, 0) is 38.7 Å². The number of ether oxygens (including phenoxy) is 1. The Morgan fingerprint density at radius 1 is 1.25 bits per heavy atom. The number of rotatable bonds is 9. The van der Waals surface area contributed by atoms with Gasteiger partial charge < -0.3 is 19.6 Å². The molecular formula is C22H32N2O4. The quantitative estimate of drug-likeness (QED) is 0.653. The van der Waals surface area contributed by atoms with Crippen LogP contribution >= 0.6 is 0 Å². The topological polar surface area (TPSA) is 84.6 Å². The van der Waals surface area contributed by atoms with Crippen LogP contribution in [0, 0.1) is 12.8 Å². The number of nitrogens with zero attached hydrogens (tertiary/aromatic N) is 1. The molecule has 154 valence electrons. The van der Waals surface area contributed by atoms with Crippen molar-refractivity contribution in [3.05, 3.63) is 53.2 Å². The fourth-order valence-electron chi connectivity index (χ4n) is 2.99. The maximum Gasteiger partial charge on any atom is 0.407 e. The highest BCUT2D eigenvalue weighted by atomic mass is 16.5. The van der Waals surface area contributed by atoms with Crippen molar-refractivity contribution in [2.45, 2.75) is 65.6 Å². The summed E-state index contributed by atoms with van der Waals surface area (Å²) in [5.41, 5.74) is 0.395. The van der Waals surface area contributed by atoms with Crippen LogP contribution in [0.25, 0.3) is 0 Å². The normalized spacial score (nSPS) is 12.8. The Bertz CT molecular complexity index is 748. The van der Waals surface area contributed by atoms with Crippen LogP contribution in [0.15, 0.2) is 34.7 Å². The summed E-state index contributed by atoms with van der Waals surface area (Å²) in [6.45, 7) is 10.1. The zero-order valence-electron chi connectivity index (χ0n) is 17.5. The minimum atomic E-state index is -1.07. The van der Waals surface area contributed by atoms with Crippen LogP contribution in [0.3, 0.4) is 0 Å². The molecule has 0 saturated heterocycles. The van der Waals surface area contributed by atoms with Crippen LogP contribution in [-0.2, 0) is 16.9 Å². The smallest absolute Gasteiger partial charge is 0.407 e. The summed E-state index contributed by atoms with van der Waals surface area (Å²) in [5, 5.41) is 13.1. The van der Waals surface area contributed by atoms with Gasteiger partial charge in [0, 0.05) is 6.54 Å². The molecule has 1 aromatic heterocycles. The van der Waals surface area contributed by atoms with E-state index in [9.17, 15) is 9.90 Å². The first-order valence-electron chi connectivity index (χ1n) is 9.81. The third kappa shape index (κ3) is 6.68. The average Bonchev–Trinajstić information content (AvgIpc) is 3.02. The molecule has 0 unspecified atom stereocenters. The van der Waals surface area contributed by atoms with Gasteiger partial charge in [-0.1, -0.05) is 50.6 Å². The second-order valence-electron chi connectivity index (χ2n) is 8.13. The molecule has 2 rings (SSSR count). The zero-order valence-corrected chi connectivity index (χ0v) is 17.5. The summed E-state index contributed by atoms with van der Waals surface area (Å²) in [7, 11) is 0. The third-order valence-corrected chi connectivity index (χ3v) is 4.54. The first-order chi connectivity index (χ1) is 13.2. The highest BCUT2D eigenvalue weighted by molar-refractivity contribution is 5.67. The van der Waals surface area contributed by atoms with Gasteiger partial charge >= 0.3 is 6.09 Å². The molecule has 6 heteroatoms. The minimum Gasteiger partial charge on any atom is -0.445 e. The highest BCUT2D eigenvalue weighted by Gasteiger charge is 2.28. The Labute approximate surface area is 167 Å². The number of nitrogens with one attached hydrogen (secondary N) is 1.